The highest BCUT2D eigenvalue weighted by Crippen LogP contribution is 2.23. The zero-order valence-electron chi connectivity index (χ0n) is 18.8. The number of carbonyl (C=O) groups excluding carboxylic acids is 1. The molecule has 2 aromatic heterocycles. The van der Waals surface area contributed by atoms with Gasteiger partial charge in [-0.2, -0.15) is 9.50 Å². The molecule has 1 atom stereocenters. The van der Waals surface area contributed by atoms with Gasteiger partial charge in [-0.1, -0.05) is 50.5 Å². The van der Waals surface area contributed by atoms with E-state index in [0.717, 1.165) is 63.1 Å². The van der Waals surface area contributed by atoms with E-state index < -0.39 is 0 Å². The predicted octanol–water partition coefficient (Wildman–Crippen LogP) is 3.96. The Morgan fingerprint density at radius 3 is 2.65 bits per heavy atom. The summed E-state index contributed by atoms with van der Waals surface area (Å²) < 4.78 is 1.82. The number of rotatable bonds is 7. The number of hydrogen-bond donors (Lipinski definition) is 0. The maximum absolute atomic E-state index is 12.9. The molecule has 7 heteroatoms. The Bertz CT molecular complexity index is 1040. The van der Waals surface area contributed by atoms with Crippen molar-refractivity contribution in [1.29, 1.82) is 0 Å². The molecule has 1 aliphatic heterocycles. The third-order valence-electron chi connectivity index (χ3n) is 6.17. The molecular weight excluding hydrogens is 388 g/mol. The molecule has 3 heterocycles. The van der Waals surface area contributed by atoms with Crippen LogP contribution in [0.2, 0.25) is 0 Å². The number of unbranched alkanes of at least 4 members (excludes halogenated alkanes) is 1. The fourth-order valence-corrected chi connectivity index (χ4v) is 4.28. The van der Waals surface area contributed by atoms with Crippen LogP contribution in [-0.2, 0) is 4.79 Å². The molecule has 7 nitrogen and oxygen atoms in total. The molecule has 3 aromatic rings. The molecule has 0 N–H and O–H groups in total. The summed E-state index contributed by atoms with van der Waals surface area (Å²) in [7, 11) is 0. The van der Waals surface area contributed by atoms with Gasteiger partial charge >= 0.3 is 0 Å². The highest BCUT2D eigenvalue weighted by molar-refractivity contribution is 5.79. The third kappa shape index (κ3) is 4.55. The quantitative estimate of drug-likeness (QED) is 0.579. The van der Waals surface area contributed by atoms with Crippen LogP contribution in [0.4, 0.5) is 5.95 Å². The molecule has 1 amide bonds. The molecule has 164 valence electrons. The lowest BCUT2D eigenvalue weighted by molar-refractivity contribution is -0.136. The maximum atomic E-state index is 12.9. The van der Waals surface area contributed by atoms with Crippen LogP contribution in [0.3, 0.4) is 0 Å². The Morgan fingerprint density at radius 1 is 1.13 bits per heavy atom. The zero-order chi connectivity index (χ0) is 21.8. The number of anilines is 1. The van der Waals surface area contributed by atoms with Crippen molar-refractivity contribution in [2.75, 3.05) is 31.1 Å². The summed E-state index contributed by atoms with van der Waals surface area (Å²) >= 11 is 0. The van der Waals surface area contributed by atoms with Crippen LogP contribution < -0.4 is 4.90 Å². The summed E-state index contributed by atoms with van der Waals surface area (Å²) in [6.45, 7) is 9.30. The Morgan fingerprint density at radius 2 is 1.94 bits per heavy atom. The third-order valence-corrected chi connectivity index (χ3v) is 6.17. The fourth-order valence-electron chi connectivity index (χ4n) is 4.28. The molecule has 1 fully saturated rings. The normalized spacial score (nSPS) is 15.5. The van der Waals surface area contributed by atoms with Crippen molar-refractivity contribution in [1.82, 2.24) is 24.5 Å². The minimum atomic E-state index is 0.154. The molecular formula is C24H32N6O. The molecule has 31 heavy (non-hydrogen) atoms. The van der Waals surface area contributed by atoms with Crippen LogP contribution >= 0.6 is 0 Å². The highest BCUT2D eigenvalue weighted by Gasteiger charge is 2.27. The molecule has 0 bridgehead atoms. The molecule has 0 spiro atoms. The van der Waals surface area contributed by atoms with Gasteiger partial charge in [0.15, 0.2) is 0 Å². The molecule has 0 aliphatic carbocycles. The van der Waals surface area contributed by atoms with Crippen molar-refractivity contribution < 1.29 is 4.79 Å². The first kappa shape index (κ1) is 21.3. The number of benzene rings is 1. The first-order valence-corrected chi connectivity index (χ1v) is 11.4. The largest absolute Gasteiger partial charge is 0.339 e. The van der Waals surface area contributed by atoms with E-state index in [-0.39, 0.29) is 5.92 Å². The van der Waals surface area contributed by atoms with Crippen molar-refractivity contribution >= 4 is 17.6 Å². The summed E-state index contributed by atoms with van der Waals surface area (Å²) in [5, 5.41) is 4.77. The Hall–Kier alpha value is -2.96. The van der Waals surface area contributed by atoms with Crippen LogP contribution in [0.1, 0.15) is 45.1 Å². The predicted molar refractivity (Wildman–Crippen MR) is 123 cm³/mol. The van der Waals surface area contributed by atoms with Gasteiger partial charge in [-0.05, 0) is 31.9 Å². The van der Waals surface area contributed by atoms with Gasteiger partial charge in [-0.15, -0.1) is 5.10 Å². The number of aromatic nitrogens is 4. The lowest BCUT2D eigenvalue weighted by Crippen LogP contribution is -2.50. The monoisotopic (exact) mass is 420 g/mol. The summed E-state index contributed by atoms with van der Waals surface area (Å²) in [5.74, 6) is 1.73. The standard InChI is InChI=1S/C24H32N6O/c1-4-6-9-19(5-2)22(31)28-13-15-29(16-14-28)24-26-23-25-12-11-21(30(23)27-24)20-10-7-8-18(3)17-20/h7-8,10-12,17,19H,4-6,9,13-16H2,1-3H3/t19-/m0/s1. The smallest absolute Gasteiger partial charge is 0.254 e. The molecule has 1 saturated heterocycles. The molecule has 0 saturated carbocycles. The summed E-state index contributed by atoms with van der Waals surface area (Å²) in [4.78, 5) is 26.2. The lowest BCUT2D eigenvalue weighted by atomic mass is 9.97. The van der Waals surface area contributed by atoms with E-state index in [1.165, 1.54) is 5.56 Å². The molecule has 0 unspecified atom stereocenters. The molecule has 4 rings (SSSR count). The molecule has 0 radical (unpaired) electrons. The van der Waals surface area contributed by atoms with Gasteiger partial charge in [-0.25, -0.2) is 4.98 Å². The van der Waals surface area contributed by atoms with Crippen LogP contribution in [-0.4, -0.2) is 56.6 Å². The average molecular weight is 421 g/mol. The van der Waals surface area contributed by atoms with Gasteiger partial charge < -0.3 is 9.80 Å². The molecule has 1 aliphatic rings. The number of nitrogens with zero attached hydrogens (tertiary/aromatic N) is 6. The van der Waals surface area contributed by atoms with Gasteiger partial charge in [0, 0.05) is 43.9 Å². The minimum Gasteiger partial charge on any atom is -0.339 e. The van der Waals surface area contributed by atoms with Crippen molar-refractivity contribution in [3.05, 3.63) is 42.1 Å². The van der Waals surface area contributed by atoms with Crippen LogP contribution in [0.5, 0.6) is 0 Å². The summed E-state index contributed by atoms with van der Waals surface area (Å²) in [5.41, 5.74) is 3.27. The second-order valence-electron chi connectivity index (χ2n) is 8.38. The number of fused-ring (bicyclic) bond motifs is 1. The minimum absolute atomic E-state index is 0.154. The number of aryl methyl sites for hydroxylation is 1. The van der Waals surface area contributed by atoms with E-state index in [9.17, 15) is 4.79 Å². The van der Waals surface area contributed by atoms with Crippen molar-refractivity contribution in [2.24, 2.45) is 5.92 Å². The fraction of sp³-hybridized carbons (Fsp3) is 0.500. The van der Waals surface area contributed by atoms with Crippen LogP contribution in [0.25, 0.3) is 17.0 Å². The average Bonchev–Trinajstić information content (AvgIpc) is 3.24. The van der Waals surface area contributed by atoms with Gasteiger partial charge in [-0.3, -0.25) is 4.79 Å². The van der Waals surface area contributed by atoms with E-state index in [4.69, 9.17) is 5.10 Å². The Labute approximate surface area is 184 Å². The lowest BCUT2D eigenvalue weighted by Gasteiger charge is -2.35. The zero-order valence-corrected chi connectivity index (χ0v) is 18.8. The van der Waals surface area contributed by atoms with Crippen molar-refractivity contribution in [3.63, 3.8) is 0 Å². The van der Waals surface area contributed by atoms with Crippen molar-refractivity contribution in [3.8, 4) is 11.3 Å². The van der Waals surface area contributed by atoms with E-state index in [2.05, 4.69) is 59.9 Å². The first-order valence-electron chi connectivity index (χ1n) is 11.4. The van der Waals surface area contributed by atoms with Crippen LogP contribution in [0, 0.1) is 12.8 Å². The Balaban J connectivity index is 1.48. The second kappa shape index (κ2) is 9.45. The van der Waals surface area contributed by atoms with E-state index >= 15 is 0 Å². The van der Waals surface area contributed by atoms with Crippen molar-refractivity contribution in [2.45, 2.75) is 46.5 Å². The van der Waals surface area contributed by atoms with Gasteiger partial charge in [0.25, 0.3) is 5.78 Å². The van der Waals surface area contributed by atoms with Gasteiger partial charge in [0.1, 0.15) is 0 Å². The highest BCUT2D eigenvalue weighted by atomic mass is 16.2. The van der Waals surface area contributed by atoms with E-state index in [1.807, 2.05) is 15.5 Å². The molecule has 1 aromatic carbocycles. The summed E-state index contributed by atoms with van der Waals surface area (Å²) in [6, 6.07) is 10.3. The SMILES string of the molecule is CCCC[C@H](CC)C(=O)N1CCN(c2nc3nccc(-c4cccc(C)c4)n3n2)CC1. The van der Waals surface area contributed by atoms with Crippen LogP contribution in [0.15, 0.2) is 36.5 Å². The van der Waals surface area contributed by atoms with Gasteiger partial charge in [0.2, 0.25) is 11.9 Å². The van der Waals surface area contributed by atoms with Gasteiger partial charge in [0.05, 0.1) is 5.69 Å². The first-order chi connectivity index (χ1) is 15.1. The topological polar surface area (TPSA) is 66.6 Å². The maximum Gasteiger partial charge on any atom is 0.254 e. The number of amides is 1. The second-order valence-corrected chi connectivity index (χ2v) is 8.38. The number of hydrogen-bond acceptors (Lipinski definition) is 5. The number of carbonyl (C=O) groups is 1. The van der Waals surface area contributed by atoms with E-state index in [1.54, 1.807) is 6.20 Å². The summed E-state index contributed by atoms with van der Waals surface area (Å²) in [6.07, 6.45) is 5.94. The number of piperazine rings is 1. The Kier molecular flexibility index (Phi) is 6.49. The van der Waals surface area contributed by atoms with E-state index in [0.29, 0.717) is 17.6 Å².